The second-order valence-electron chi connectivity index (χ2n) is 4.26. The van der Waals surface area contributed by atoms with Crippen molar-refractivity contribution in [2.24, 2.45) is 0 Å². The summed E-state index contributed by atoms with van der Waals surface area (Å²) in [5, 5.41) is 9.66. The van der Waals surface area contributed by atoms with Gasteiger partial charge in [0.1, 0.15) is 0 Å². The molecule has 1 atom stereocenters. The summed E-state index contributed by atoms with van der Waals surface area (Å²) in [5.41, 5.74) is 1.26. The SMILES string of the molecule is CCCCC(CC)(CO)c1ccccc1. The van der Waals surface area contributed by atoms with Crippen LogP contribution < -0.4 is 0 Å². The van der Waals surface area contributed by atoms with E-state index in [0.29, 0.717) is 0 Å². The summed E-state index contributed by atoms with van der Waals surface area (Å²) < 4.78 is 0. The molecule has 0 fully saturated rings. The Hall–Kier alpha value is -0.820. The Morgan fingerprint density at radius 1 is 1.13 bits per heavy atom. The van der Waals surface area contributed by atoms with Crippen LogP contribution in [0.15, 0.2) is 30.3 Å². The molecule has 15 heavy (non-hydrogen) atoms. The fourth-order valence-corrected chi connectivity index (χ4v) is 2.11. The number of benzene rings is 1. The average Bonchev–Trinajstić information content (AvgIpc) is 2.33. The molecule has 0 radical (unpaired) electrons. The van der Waals surface area contributed by atoms with Crippen LogP contribution in [0.5, 0.6) is 0 Å². The molecule has 0 aromatic heterocycles. The van der Waals surface area contributed by atoms with E-state index in [2.05, 4.69) is 38.1 Å². The van der Waals surface area contributed by atoms with Crippen molar-refractivity contribution in [2.75, 3.05) is 6.61 Å². The topological polar surface area (TPSA) is 20.2 Å². The molecule has 0 saturated carbocycles. The Morgan fingerprint density at radius 3 is 2.27 bits per heavy atom. The highest BCUT2D eigenvalue weighted by atomic mass is 16.3. The lowest BCUT2D eigenvalue weighted by Crippen LogP contribution is -2.29. The van der Waals surface area contributed by atoms with Gasteiger partial charge in [0.25, 0.3) is 0 Å². The number of hydrogen-bond donors (Lipinski definition) is 1. The number of aliphatic hydroxyl groups excluding tert-OH is 1. The number of rotatable bonds is 6. The van der Waals surface area contributed by atoms with Crippen molar-refractivity contribution in [1.29, 1.82) is 0 Å². The molecule has 0 aliphatic heterocycles. The van der Waals surface area contributed by atoms with Crippen molar-refractivity contribution in [1.82, 2.24) is 0 Å². The van der Waals surface area contributed by atoms with Gasteiger partial charge in [0.15, 0.2) is 0 Å². The van der Waals surface area contributed by atoms with Crippen molar-refractivity contribution >= 4 is 0 Å². The zero-order chi connectivity index (χ0) is 11.1. The second-order valence-corrected chi connectivity index (χ2v) is 4.26. The van der Waals surface area contributed by atoms with Crippen LogP contribution >= 0.6 is 0 Å². The molecule has 0 saturated heterocycles. The fraction of sp³-hybridized carbons (Fsp3) is 0.571. The maximum absolute atomic E-state index is 9.66. The largest absolute Gasteiger partial charge is 0.395 e. The molecule has 1 rings (SSSR count). The van der Waals surface area contributed by atoms with E-state index >= 15 is 0 Å². The highest BCUT2D eigenvalue weighted by molar-refractivity contribution is 5.25. The normalized spacial score (nSPS) is 14.9. The van der Waals surface area contributed by atoms with E-state index in [9.17, 15) is 5.11 Å². The Kier molecular flexibility index (Phi) is 4.83. The zero-order valence-corrected chi connectivity index (χ0v) is 9.87. The van der Waals surface area contributed by atoms with Gasteiger partial charge in [-0.3, -0.25) is 0 Å². The van der Waals surface area contributed by atoms with Crippen LogP contribution in [0.3, 0.4) is 0 Å². The fourth-order valence-electron chi connectivity index (χ4n) is 2.11. The van der Waals surface area contributed by atoms with Gasteiger partial charge in [-0.1, -0.05) is 57.0 Å². The van der Waals surface area contributed by atoms with Crippen molar-refractivity contribution in [3.05, 3.63) is 35.9 Å². The Labute approximate surface area is 93.1 Å². The van der Waals surface area contributed by atoms with Gasteiger partial charge in [-0.25, -0.2) is 0 Å². The van der Waals surface area contributed by atoms with Crippen LogP contribution in [0.1, 0.15) is 45.1 Å². The standard InChI is InChI=1S/C14H22O/c1-3-5-11-14(4-2,12-15)13-9-7-6-8-10-13/h6-10,15H,3-5,11-12H2,1-2H3. The molecular weight excluding hydrogens is 184 g/mol. The van der Waals surface area contributed by atoms with Crippen LogP contribution in [0, 0.1) is 0 Å². The summed E-state index contributed by atoms with van der Waals surface area (Å²) in [5.74, 6) is 0. The van der Waals surface area contributed by atoms with Crippen LogP contribution in [0.25, 0.3) is 0 Å². The van der Waals surface area contributed by atoms with Gasteiger partial charge < -0.3 is 5.11 Å². The third kappa shape index (κ3) is 2.82. The van der Waals surface area contributed by atoms with Crippen LogP contribution in [-0.2, 0) is 5.41 Å². The molecule has 0 heterocycles. The van der Waals surface area contributed by atoms with Crippen LogP contribution in [0.2, 0.25) is 0 Å². The molecule has 84 valence electrons. The first-order chi connectivity index (χ1) is 7.29. The average molecular weight is 206 g/mol. The van der Waals surface area contributed by atoms with Crippen LogP contribution in [-0.4, -0.2) is 11.7 Å². The smallest absolute Gasteiger partial charge is 0.0527 e. The van der Waals surface area contributed by atoms with E-state index in [-0.39, 0.29) is 12.0 Å². The molecule has 1 nitrogen and oxygen atoms in total. The summed E-state index contributed by atoms with van der Waals surface area (Å²) in [6.07, 6.45) is 4.46. The number of hydrogen-bond acceptors (Lipinski definition) is 1. The van der Waals surface area contributed by atoms with Gasteiger partial charge in [-0.15, -0.1) is 0 Å². The van der Waals surface area contributed by atoms with E-state index in [0.717, 1.165) is 12.8 Å². The first-order valence-electron chi connectivity index (χ1n) is 5.95. The van der Waals surface area contributed by atoms with Gasteiger partial charge in [-0.05, 0) is 18.4 Å². The summed E-state index contributed by atoms with van der Waals surface area (Å²) in [7, 11) is 0. The van der Waals surface area contributed by atoms with Gasteiger partial charge in [0.05, 0.1) is 6.61 Å². The molecule has 1 N–H and O–H groups in total. The molecule has 1 heteroatoms. The molecule has 0 amide bonds. The summed E-state index contributed by atoms with van der Waals surface area (Å²) in [6, 6.07) is 10.4. The predicted octanol–water partition coefficient (Wildman–Crippen LogP) is 3.52. The summed E-state index contributed by atoms with van der Waals surface area (Å²) >= 11 is 0. The first kappa shape index (κ1) is 12.3. The molecule has 0 aliphatic rings. The Bertz CT molecular complexity index is 262. The molecule has 1 aromatic rings. The zero-order valence-electron chi connectivity index (χ0n) is 9.87. The molecular formula is C14H22O. The maximum Gasteiger partial charge on any atom is 0.0527 e. The minimum atomic E-state index is -0.0166. The van der Waals surface area contributed by atoms with E-state index in [1.165, 1.54) is 18.4 Å². The van der Waals surface area contributed by atoms with Crippen molar-refractivity contribution in [3.63, 3.8) is 0 Å². The third-order valence-electron chi connectivity index (χ3n) is 3.37. The third-order valence-corrected chi connectivity index (χ3v) is 3.37. The number of aliphatic hydroxyl groups is 1. The van der Waals surface area contributed by atoms with E-state index in [1.54, 1.807) is 0 Å². The second kappa shape index (κ2) is 5.92. The van der Waals surface area contributed by atoms with E-state index in [1.807, 2.05) is 6.07 Å². The highest BCUT2D eigenvalue weighted by Crippen LogP contribution is 2.32. The molecule has 1 aromatic carbocycles. The lowest BCUT2D eigenvalue weighted by Gasteiger charge is -2.31. The van der Waals surface area contributed by atoms with Gasteiger partial charge >= 0.3 is 0 Å². The predicted molar refractivity (Wildman–Crippen MR) is 65.0 cm³/mol. The van der Waals surface area contributed by atoms with Crippen LogP contribution in [0.4, 0.5) is 0 Å². The van der Waals surface area contributed by atoms with Gasteiger partial charge in [0, 0.05) is 5.41 Å². The molecule has 0 bridgehead atoms. The van der Waals surface area contributed by atoms with E-state index < -0.39 is 0 Å². The quantitative estimate of drug-likeness (QED) is 0.755. The molecule has 1 unspecified atom stereocenters. The van der Waals surface area contributed by atoms with Gasteiger partial charge in [-0.2, -0.15) is 0 Å². The molecule has 0 spiro atoms. The minimum absolute atomic E-state index is 0.0166. The summed E-state index contributed by atoms with van der Waals surface area (Å²) in [6.45, 7) is 4.62. The van der Waals surface area contributed by atoms with Crippen molar-refractivity contribution < 1.29 is 5.11 Å². The number of unbranched alkanes of at least 4 members (excludes halogenated alkanes) is 1. The van der Waals surface area contributed by atoms with E-state index in [4.69, 9.17) is 0 Å². The first-order valence-corrected chi connectivity index (χ1v) is 5.95. The Balaban J connectivity index is 2.89. The highest BCUT2D eigenvalue weighted by Gasteiger charge is 2.28. The minimum Gasteiger partial charge on any atom is -0.395 e. The van der Waals surface area contributed by atoms with Crippen molar-refractivity contribution in [2.45, 2.75) is 44.9 Å². The lowest BCUT2D eigenvalue weighted by molar-refractivity contribution is 0.175. The van der Waals surface area contributed by atoms with Crippen molar-refractivity contribution in [3.8, 4) is 0 Å². The van der Waals surface area contributed by atoms with Gasteiger partial charge in [0.2, 0.25) is 0 Å². The summed E-state index contributed by atoms with van der Waals surface area (Å²) in [4.78, 5) is 0. The Morgan fingerprint density at radius 2 is 1.80 bits per heavy atom. The monoisotopic (exact) mass is 206 g/mol. The maximum atomic E-state index is 9.66. The molecule has 0 aliphatic carbocycles. The lowest BCUT2D eigenvalue weighted by atomic mass is 9.75.